The summed E-state index contributed by atoms with van der Waals surface area (Å²) in [5.41, 5.74) is 11.0. The summed E-state index contributed by atoms with van der Waals surface area (Å²) < 4.78 is 9.53. The van der Waals surface area contributed by atoms with Crippen molar-refractivity contribution in [2.24, 2.45) is 17.8 Å². The van der Waals surface area contributed by atoms with Gasteiger partial charge in [-0.25, -0.2) is 0 Å². The first-order valence-corrected chi connectivity index (χ1v) is 11.3. The molecule has 10 heteroatoms. The third-order valence-electron chi connectivity index (χ3n) is 5.37. The van der Waals surface area contributed by atoms with Crippen molar-refractivity contribution in [1.29, 1.82) is 0 Å². The molecule has 4 aromatic heterocycles. The van der Waals surface area contributed by atoms with Gasteiger partial charge in [0.15, 0.2) is 10.8 Å². The quantitative estimate of drug-likeness (QED) is 0.376. The summed E-state index contributed by atoms with van der Waals surface area (Å²) in [6, 6.07) is 9.99. The van der Waals surface area contributed by atoms with E-state index in [1.54, 1.807) is 31.3 Å². The number of ether oxygens (including phenoxy) is 1. The Balaban J connectivity index is 1.56. The van der Waals surface area contributed by atoms with Gasteiger partial charge in [0.2, 0.25) is 0 Å². The average molecular weight is 471 g/mol. The van der Waals surface area contributed by atoms with Crippen LogP contribution in [0.1, 0.15) is 5.56 Å². The van der Waals surface area contributed by atoms with Crippen LogP contribution in [0.3, 0.4) is 0 Å². The highest BCUT2D eigenvalue weighted by atomic mass is 32.2. The summed E-state index contributed by atoms with van der Waals surface area (Å²) in [5, 5.41) is 14.6. The number of nitrogens with zero attached hydrogens (tertiary/aromatic N) is 7. The van der Waals surface area contributed by atoms with E-state index in [9.17, 15) is 0 Å². The van der Waals surface area contributed by atoms with Crippen molar-refractivity contribution in [2.75, 3.05) is 14.2 Å². The summed E-state index contributed by atoms with van der Waals surface area (Å²) in [6.45, 7) is 0. The van der Waals surface area contributed by atoms with Crippen molar-refractivity contribution in [3.63, 3.8) is 0 Å². The van der Waals surface area contributed by atoms with Gasteiger partial charge in [-0.15, -0.1) is 10.2 Å². The highest BCUT2D eigenvalue weighted by Crippen LogP contribution is 2.36. The SMILES string of the molecule is CN=CC(=CN)c1cnc2ccc(Sc3nnc4ccc(-c5cnn(C)c5)cn34)cc2c1OC. The van der Waals surface area contributed by atoms with Crippen molar-refractivity contribution in [3.8, 4) is 16.9 Å². The zero-order chi connectivity index (χ0) is 23.7. The maximum atomic E-state index is 5.82. The number of rotatable bonds is 6. The highest BCUT2D eigenvalue weighted by molar-refractivity contribution is 7.99. The molecule has 170 valence electrons. The fourth-order valence-corrected chi connectivity index (χ4v) is 4.61. The Kier molecular flexibility index (Phi) is 5.72. The average Bonchev–Trinajstić information content (AvgIpc) is 3.47. The Morgan fingerprint density at radius 3 is 2.74 bits per heavy atom. The highest BCUT2D eigenvalue weighted by Gasteiger charge is 2.15. The Hall–Kier alpha value is -4.18. The van der Waals surface area contributed by atoms with Crippen molar-refractivity contribution in [1.82, 2.24) is 29.4 Å². The zero-order valence-electron chi connectivity index (χ0n) is 18.9. The van der Waals surface area contributed by atoms with Crippen molar-refractivity contribution < 1.29 is 4.74 Å². The summed E-state index contributed by atoms with van der Waals surface area (Å²) in [4.78, 5) is 9.65. The second-order valence-electron chi connectivity index (χ2n) is 7.53. The lowest BCUT2D eigenvalue weighted by molar-refractivity contribution is 0.418. The van der Waals surface area contributed by atoms with E-state index in [4.69, 9.17) is 10.5 Å². The Morgan fingerprint density at radius 2 is 2.00 bits per heavy atom. The standard InChI is InChI=1S/C24H22N8OS/c1-26-10-16(9-25)20-12-27-21-6-5-18(8-19(21)23(20)33-3)34-24-30-29-22-7-4-15(14-32(22)24)17-11-28-31(2)13-17/h4-14H,25H2,1-3H3. The molecule has 0 saturated carbocycles. The number of fused-ring (bicyclic) bond motifs is 2. The largest absolute Gasteiger partial charge is 0.495 e. The molecule has 2 N–H and O–H groups in total. The molecule has 0 fully saturated rings. The molecule has 0 bridgehead atoms. The number of pyridine rings is 2. The van der Waals surface area contributed by atoms with Crippen LogP contribution >= 0.6 is 11.8 Å². The van der Waals surface area contributed by atoms with E-state index in [2.05, 4.69) is 25.3 Å². The third kappa shape index (κ3) is 3.88. The van der Waals surface area contributed by atoms with Gasteiger partial charge in [-0.05, 0) is 42.1 Å². The minimum atomic E-state index is 0.689. The van der Waals surface area contributed by atoms with Gasteiger partial charge in [0.05, 0.1) is 18.8 Å². The monoisotopic (exact) mass is 470 g/mol. The first-order valence-electron chi connectivity index (χ1n) is 10.4. The van der Waals surface area contributed by atoms with Crippen LogP contribution in [0, 0.1) is 0 Å². The summed E-state index contributed by atoms with van der Waals surface area (Å²) >= 11 is 1.52. The molecule has 9 nitrogen and oxygen atoms in total. The Bertz CT molecular complexity index is 1570. The van der Waals surface area contributed by atoms with E-state index in [-0.39, 0.29) is 0 Å². The van der Waals surface area contributed by atoms with Crippen LogP contribution in [0.15, 0.2) is 76.4 Å². The molecule has 4 heterocycles. The van der Waals surface area contributed by atoms with E-state index in [0.29, 0.717) is 5.75 Å². The lowest BCUT2D eigenvalue weighted by atomic mass is 10.1. The molecule has 5 aromatic rings. The van der Waals surface area contributed by atoms with Gasteiger partial charge in [-0.3, -0.25) is 19.1 Å². The number of hydrogen-bond acceptors (Lipinski definition) is 8. The van der Waals surface area contributed by atoms with Gasteiger partial charge < -0.3 is 10.5 Å². The van der Waals surface area contributed by atoms with E-state index in [1.807, 2.05) is 60.4 Å². The predicted molar refractivity (Wildman–Crippen MR) is 134 cm³/mol. The number of aromatic nitrogens is 6. The molecular weight excluding hydrogens is 448 g/mol. The molecule has 0 amide bonds. The normalized spacial score (nSPS) is 12.3. The van der Waals surface area contributed by atoms with Gasteiger partial charge in [-0.1, -0.05) is 0 Å². The van der Waals surface area contributed by atoms with Gasteiger partial charge in [-0.2, -0.15) is 5.10 Å². The second-order valence-corrected chi connectivity index (χ2v) is 8.57. The molecule has 1 aromatic carbocycles. The number of allylic oxidation sites excluding steroid dienone is 1. The molecule has 0 aliphatic carbocycles. The molecule has 0 spiro atoms. The van der Waals surface area contributed by atoms with Crippen LogP contribution in [0.25, 0.3) is 33.3 Å². The smallest absolute Gasteiger partial charge is 0.200 e. The Morgan fingerprint density at radius 1 is 1.12 bits per heavy atom. The first kappa shape index (κ1) is 21.7. The Labute approximate surface area is 200 Å². The van der Waals surface area contributed by atoms with Gasteiger partial charge in [0.25, 0.3) is 0 Å². The molecule has 0 unspecified atom stereocenters. The molecule has 0 aliphatic heterocycles. The minimum Gasteiger partial charge on any atom is -0.495 e. The van der Waals surface area contributed by atoms with Crippen LogP contribution in [-0.2, 0) is 7.05 Å². The first-order chi connectivity index (χ1) is 16.6. The number of nitrogens with two attached hydrogens (primary N) is 1. The number of hydrogen-bond donors (Lipinski definition) is 1. The zero-order valence-corrected chi connectivity index (χ0v) is 19.7. The van der Waals surface area contributed by atoms with Crippen LogP contribution in [0.2, 0.25) is 0 Å². The van der Waals surface area contributed by atoms with Gasteiger partial charge >= 0.3 is 0 Å². The number of aryl methyl sites for hydroxylation is 1. The number of aliphatic imine (C=N–C) groups is 1. The molecule has 5 rings (SSSR count). The summed E-state index contributed by atoms with van der Waals surface area (Å²) in [7, 11) is 5.24. The molecular formula is C24H22N8OS. The second kappa shape index (κ2) is 8.99. The number of benzene rings is 1. The van der Waals surface area contributed by atoms with Gasteiger partial charge in [0.1, 0.15) is 5.75 Å². The molecule has 0 aliphatic rings. The maximum Gasteiger partial charge on any atom is 0.200 e. The van der Waals surface area contributed by atoms with E-state index >= 15 is 0 Å². The fourth-order valence-electron chi connectivity index (χ4n) is 3.76. The maximum absolute atomic E-state index is 5.82. The molecule has 0 radical (unpaired) electrons. The van der Waals surface area contributed by atoms with Crippen molar-refractivity contribution in [3.05, 3.63) is 66.9 Å². The van der Waals surface area contributed by atoms with Crippen molar-refractivity contribution >= 4 is 40.1 Å². The molecule has 0 saturated heterocycles. The summed E-state index contributed by atoms with van der Waals surface area (Å²) in [6.07, 6.45) is 10.8. The van der Waals surface area contributed by atoms with E-state index < -0.39 is 0 Å². The van der Waals surface area contributed by atoms with Crippen molar-refractivity contribution in [2.45, 2.75) is 10.1 Å². The van der Waals surface area contributed by atoms with E-state index in [1.165, 1.54) is 18.0 Å². The molecule has 34 heavy (non-hydrogen) atoms. The lowest BCUT2D eigenvalue weighted by Crippen LogP contribution is -1.98. The van der Waals surface area contributed by atoms with Crippen LogP contribution in [0.5, 0.6) is 5.75 Å². The van der Waals surface area contributed by atoms with Crippen LogP contribution in [-0.4, -0.2) is 49.7 Å². The summed E-state index contributed by atoms with van der Waals surface area (Å²) in [5.74, 6) is 0.689. The van der Waals surface area contributed by atoms with E-state index in [0.717, 1.165) is 48.9 Å². The minimum absolute atomic E-state index is 0.689. The number of methoxy groups -OCH3 is 1. The van der Waals surface area contributed by atoms with Crippen LogP contribution in [0.4, 0.5) is 0 Å². The van der Waals surface area contributed by atoms with Gasteiger partial charge in [0, 0.05) is 77.6 Å². The fraction of sp³-hybridized carbons (Fsp3) is 0.125. The third-order valence-corrected chi connectivity index (χ3v) is 6.32. The topological polar surface area (TPSA) is 109 Å². The predicted octanol–water partition coefficient (Wildman–Crippen LogP) is 3.84. The van der Waals surface area contributed by atoms with Crippen LogP contribution < -0.4 is 10.5 Å². The molecule has 0 atom stereocenters. The lowest BCUT2D eigenvalue weighted by Gasteiger charge is -2.12.